The van der Waals surface area contributed by atoms with Crippen molar-refractivity contribution in [3.05, 3.63) is 52.4 Å². The van der Waals surface area contributed by atoms with E-state index in [2.05, 4.69) is 21.4 Å². The van der Waals surface area contributed by atoms with Crippen LogP contribution in [0.1, 0.15) is 22.5 Å². The van der Waals surface area contributed by atoms with Crippen LogP contribution in [0.15, 0.2) is 45.5 Å². The van der Waals surface area contributed by atoms with E-state index in [-0.39, 0.29) is 5.91 Å². The molecule has 0 atom stereocenters. The first-order valence-corrected chi connectivity index (χ1v) is 7.28. The summed E-state index contributed by atoms with van der Waals surface area (Å²) in [4.78, 5) is 17.2. The zero-order valence-electron chi connectivity index (χ0n) is 11.6. The molecule has 1 N–H and O–H groups in total. The van der Waals surface area contributed by atoms with E-state index in [0.717, 1.165) is 23.1 Å². The van der Waals surface area contributed by atoms with Crippen molar-refractivity contribution < 1.29 is 18.8 Å². The number of rotatable bonds is 7. The maximum Gasteiger partial charge on any atom is 0.278 e. The lowest BCUT2D eigenvalue weighted by Crippen LogP contribution is -2.24. The van der Waals surface area contributed by atoms with E-state index in [9.17, 15) is 4.79 Å². The molecule has 0 unspecified atom stereocenters. The standard InChI is InChI=1S/C15H16BrNO4/c1-19-14-7-6-11(16)10-13(14)15(18)17-21-9-3-5-12-4-2-8-20-12/h2,4,6-8,10H,3,5,9H2,1H3,(H,17,18). The van der Waals surface area contributed by atoms with Gasteiger partial charge in [-0.25, -0.2) is 5.48 Å². The van der Waals surface area contributed by atoms with Gasteiger partial charge in [0.25, 0.3) is 5.91 Å². The van der Waals surface area contributed by atoms with Crippen molar-refractivity contribution in [1.82, 2.24) is 5.48 Å². The average Bonchev–Trinajstić information content (AvgIpc) is 3.00. The SMILES string of the molecule is COc1ccc(Br)cc1C(=O)NOCCCc1ccco1. The number of carbonyl (C=O) groups excluding carboxylic acids is 1. The van der Waals surface area contributed by atoms with Gasteiger partial charge in [-0.15, -0.1) is 0 Å². The van der Waals surface area contributed by atoms with Gasteiger partial charge in [-0.05, 0) is 36.8 Å². The zero-order chi connectivity index (χ0) is 15.1. The second kappa shape index (κ2) is 7.85. The third kappa shape index (κ3) is 4.61. The molecule has 1 aromatic carbocycles. The van der Waals surface area contributed by atoms with E-state index in [1.54, 1.807) is 24.5 Å². The minimum atomic E-state index is -0.342. The third-order valence-corrected chi connectivity index (χ3v) is 3.31. The topological polar surface area (TPSA) is 60.7 Å². The maximum atomic E-state index is 12.0. The molecule has 0 fully saturated rings. The fourth-order valence-electron chi connectivity index (χ4n) is 1.80. The van der Waals surface area contributed by atoms with Gasteiger partial charge in [-0.3, -0.25) is 9.63 Å². The molecule has 0 saturated heterocycles. The van der Waals surface area contributed by atoms with Gasteiger partial charge in [0.15, 0.2) is 0 Å². The molecule has 5 nitrogen and oxygen atoms in total. The van der Waals surface area contributed by atoms with Crippen LogP contribution in [0.3, 0.4) is 0 Å². The second-order valence-electron chi connectivity index (χ2n) is 4.31. The van der Waals surface area contributed by atoms with Crippen LogP contribution in [0.25, 0.3) is 0 Å². The Bertz CT molecular complexity index is 583. The smallest absolute Gasteiger partial charge is 0.278 e. The number of nitrogens with one attached hydrogen (secondary N) is 1. The Kier molecular flexibility index (Phi) is 5.83. The number of carbonyl (C=O) groups is 1. The highest BCUT2D eigenvalue weighted by molar-refractivity contribution is 9.10. The van der Waals surface area contributed by atoms with E-state index in [1.165, 1.54) is 7.11 Å². The van der Waals surface area contributed by atoms with Crippen molar-refractivity contribution >= 4 is 21.8 Å². The highest BCUT2D eigenvalue weighted by Gasteiger charge is 2.12. The van der Waals surface area contributed by atoms with Crippen LogP contribution in [0.2, 0.25) is 0 Å². The summed E-state index contributed by atoms with van der Waals surface area (Å²) in [6.07, 6.45) is 3.16. The predicted molar refractivity (Wildman–Crippen MR) is 81.1 cm³/mol. The van der Waals surface area contributed by atoms with Gasteiger partial charge in [0.2, 0.25) is 0 Å². The first-order valence-electron chi connectivity index (χ1n) is 6.49. The van der Waals surface area contributed by atoms with Gasteiger partial charge in [0, 0.05) is 10.9 Å². The Hall–Kier alpha value is -1.79. The molecule has 1 amide bonds. The summed E-state index contributed by atoms with van der Waals surface area (Å²) in [7, 11) is 1.52. The van der Waals surface area contributed by atoms with Crippen LogP contribution in [0.5, 0.6) is 5.75 Å². The average molecular weight is 354 g/mol. The van der Waals surface area contributed by atoms with Crippen LogP contribution < -0.4 is 10.2 Å². The summed E-state index contributed by atoms with van der Waals surface area (Å²) < 4.78 is 11.2. The van der Waals surface area contributed by atoms with Gasteiger partial charge in [0.1, 0.15) is 11.5 Å². The van der Waals surface area contributed by atoms with Crippen molar-refractivity contribution in [2.24, 2.45) is 0 Å². The number of halogens is 1. The van der Waals surface area contributed by atoms with Gasteiger partial charge < -0.3 is 9.15 Å². The number of hydrogen-bond acceptors (Lipinski definition) is 4. The lowest BCUT2D eigenvalue weighted by atomic mass is 10.2. The molecule has 0 bridgehead atoms. The molecule has 6 heteroatoms. The van der Waals surface area contributed by atoms with Crippen molar-refractivity contribution in [1.29, 1.82) is 0 Å². The van der Waals surface area contributed by atoms with Crippen LogP contribution >= 0.6 is 15.9 Å². The lowest BCUT2D eigenvalue weighted by molar-refractivity contribution is 0.0299. The summed E-state index contributed by atoms with van der Waals surface area (Å²) in [6.45, 7) is 0.406. The number of methoxy groups -OCH3 is 1. The molecule has 1 heterocycles. The monoisotopic (exact) mass is 353 g/mol. The molecular formula is C15H16BrNO4. The van der Waals surface area contributed by atoms with Crippen LogP contribution in [0.4, 0.5) is 0 Å². The molecule has 21 heavy (non-hydrogen) atoms. The Morgan fingerprint density at radius 1 is 1.38 bits per heavy atom. The molecule has 2 aromatic rings. The van der Waals surface area contributed by atoms with Gasteiger partial charge in [0.05, 0.1) is 25.5 Å². The molecule has 0 aliphatic heterocycles. The van der Waals surface area contributed by atoms with Crippen molar-refractivity contribution in [3.8, 4) is 5.75 Å². The fourth-order valence-corrected chi connectivity index (χ4v) is 2.16. The summed E-state index contributed by atoms with van der Waals surface area (Å²) in [5.41, 5.74) is 2.83. The van der Waals surface area contributed by atoms with Crippen molar-refractivity contribution in [2.75, 3.05) is 13.7 Å². The van der Waals surface area contributed by atoms with Gasteiger partial charge in [-0.2, -0.15) is 0 Å². The predicted octanol–water partition coefficient (Wildman–Crippen LogP) is 3.34. The molecule has 0 aliphatic carbocycles. The number of amides is 1. The second-order valence-corrected chi connectivity index (χ2v) is 5.22. The summed E-state index contributed by atoms with van der Waals surface area (Å²) >= 11 is 3.32. The quantitative estimate of drug-likeness (QED) is 0.612. The first kappa shape index (κ1) is 15.6. The molecule has 1 aromatic heterocycles. The van der Waals surface area contributed by atoms with Crippen LogP contribution in [-0.2, 0) is 11.3 Å². The highest BCUT2D eigenvalue weighted by Crippen LogP contribution is 2.22. The molecule has 0 spiro atoms. The minimum Gasteiger partial charge on any atom is -0.496 e. The fraction of sp³-hybridized carbons (Fsp3) is 0.267. The van der Waals surface area contributed by atoms with E-state index in [0.29, 0.717) is 17.9 Å². The summed E-state index contributed by atoms with van der Waals surface area (Å²) in [6, 6.07) is 8.96. The van der Waals surface area contributed by atoms with E-state index in [4.69, 9.17) is 14.0 Å². The summed E-state index contributed by atoms with van der Waals surface area (Å²) in [5.74, 6) is 1.06. The number of furan rings is 1. The molecule has 112 valence electrons. The Morgan fingerprint density at radius 2 is 2.24 bits per heavy atom. The van der Waals surface area contributed by atoms with Gasteiger partial charge >= 0.3 is 0 Å². The number of benzene rings is 1. The zero-order valence-corrected chi connectivity index (χ0v) is 13.2. The van der Waals surface area contributed by atoms with E-state index < -0.39 is 0 Å². The Balaban J connectivity index is 1.78. The normalized spacial score (nSPS) is 10.4. The largest absolute Gasteiger partial charge is 0.496 e. The number of ether oxygens (including phenoxy) is 1. The lowest BCUT2D eigenvalue weighted by Gasteiger charge is -2.09. The molecule has 2 rings (SSSR count). The minimum absolute atomic E-state index is 0.342. The Morgan fingerprint density at radius 3 is 2.95 bits per heavy atom. The number of hydroxylamine groups is 1. The number of hydrogen-bond donors (Lipinski definition) is 1. The van der Waals surface area contributed by atoms with E-state index in [1.807, 2.05) is 12.1 Å². The Labute approximate surface area is 131 Å². The first-order chi connectivity index (χ1) is 10.2. The summed E-state index contributed by atoms with van der Waals surface area (Å²) in [5, 5.41) is 0. The molecular weight excluding hydrogens is 338 g/mol. The van der Waals surface area contributed by atoms with Crippen LogP contribution in [0, 0.1) is 0 Å². The molecule has 0 saturated carbocycles. The molecule has 0 radical (unpaired) electrons. The number of aryl methyl sites for hydroxylation is 1. The maximum absolute atomic E-state index is 12.0. The molecule has 0 aliphatic rings. The third-order valence-electron chi connectivity index (χ3n) is 2.82. The van der Waals surface area contributed by atoms with Crippen molar-refractivity contribution in [3.63, 3.8) is 0 Å². The highest BCUT2D eigenvalue weighted by atomic mass is 79.9. The van der Waals surface area contributed by atoms with Crippen molar-refractivity contribution in [2.45, 2.75) is 12.8 Å². The van der Waals surface area contributed by atoms with E-state index >= 15 is 0 Å². The van der Waals surface area contributed by atoms with Crippen LogP contribution in [-0.4, -0.2) is 19.6 Å². The van der Waals surface area contributed by atoms with Gasteiger partial charge in [-0.1, -0.05) is 15.9 Å².